The highest BCUT2D eigenvalue weighted by Gasteiger charge is 2.06. The van der Waals surface area contributed by atoms with Gasteiger partial charge in [-0.2, -0.15) is 0 Å². The summed E-state index contributed by atoms with van der Waals surface area (Å²) < 4.78 is 0.961. The third kappa shape index (κ3) is 3.80. The molecule has 1 unspecified atom stereocenters. The lowest BCUT2D eigenvalue weighted by atomic mass is 10.1. The lowest BCUT2D eigenvalue weighted by molar-refractivity contribution is 0.281. The lowest BCUT2D eigenvalue weighted by Crippen LogP contribution is -2.12. The first-order valence-corrected chi connectivity index (χ1v) is 6.60. The molecule has 90 valence electrons. The normalized spacial score (nSPS) is 12.5. The fraction of sp³-hybridized carbons (Fsp3) is 0.538. The largest absolute Gasteiger partial charge is 0.392 e. The van der Waals surface area contributed by atoms with Gasteiger partial charge in [0.15, 0.2) is 0 Å². The molecule has 2 nitrogen and oxygen atoms in total. The first kappa shape index (κ1) is 13.5. The monoisotopic (exact) mass is 285 g/mol. The molecule has 0 aliphatic carbocycles. The minimum Gasteiger partial charge on any atom is -0.392 e. The molecule has 0 heterocycles. The van der Waals surface area contributed by atoms with Crippen molar-refractivity contribution in [3.63, 3.8) is 0 Å². The average Bonchev–Trinajstić information content (AvgIpc) is 2.27. The molecule has 0 aromatic heterocycles. The highest BCUT2D eigenvalue weighted by molar-refractivity contribution is 9.10. The van der Waals surface area contributed by atoms with E-state index >= 15 is 0 Å². The van der Waals surface area contributed by atoms with Gasteiger partial charge in [0.1, 0.15) is 0 Å². The fourth-order valence-electron chi connectivity index (χ4n) is 1.76. The van der Waals surface area contributed by atoms with E-state index in [-0.39, 0.29) is 6.61 Å². The average molecular weight is 286 g/mol. The number of anilines is 1. The molecule has 1 atom stereocenters. The molecule has 0 aliphatic rings. The number of halogens is 1. The first-order valence-electron chi connectivity index (χ1n) is 5.81. The minimum absolute atomic E-state index is 0.0614. The van der Waals surface area contributed by atoms with E-state index in [4.69, 9.17) is 0 Å². The van der Waals surface area contributed by atoms with Crippen molar-refractivity contribution >= 4 is 21.6 Å². The van der Waals surface area contributed by atoms with E-state index in [0.717, 1.165) is 22.3 Å². The molecule has 16 heavy (non-hydrogen) atoms. The van der Waals surface area contributed by atoms with Gasteiger partial charge in [-0.3, -0.25) is 0 Å². The van der Waals surface area contributed by atoms with Crippen LogP contribution in [0.2, 0.25) is 0 Å². The molecule has 1 rings (SSSR count). The second kappa shape index (κ2) is 6.92. The molecule has 0 saturated carbocycles. The van der Waals surface area contributed by atoms with Crippen LogP contribution in [0, 0.1) is 5.92 Å². The quantitative estimate of drug-likeness (QED) is 0.834. The van der Waals surface area contributed by atoms with E-state index in [1.165, 1.54) is 12.8 Å². The van der Waals surface area contributed by atoms with Crippen LogP contribution in [0.4, 0.5) is 5.69 Å². The molecular weight excluding hydrogens is 266 g/mol. The Morgan fingerprint density at radius 2 is 2.19 bits per heavy atom. The van der Waals surface area contributed by atoms with Crippen LogP contribution >= 0.6 is 15.9 Å². The van der Waals surface area contributed by atoms with Gasteiger partial charge in [0.05, 0.1) is 6.61 Å². The third-order valence-electron chi connectivity index (χ3n) is 2.70. The van der Waals surface area contributed by atoms with Crippen molar-refractivity contribution in [2.75, 3.05) is 11.9 Å². The molecule has 1 aromatic rings. The van der Waals surface area contributed by atoms with Crippen molar-refractivity contribution in [2.24, 2.45) is 5.92 Å². The number of aliphatic hydroxyl groups excluding tert-OH is 1. The zero-order valence-electron chi connectivity index (χ0n) is 9.96. The Kier molecular flexibility index (Phi) is 5.85. The van der Waals surface area contributed by atoms with Gasteiger partial charge in [0, 0.05) is 22.3 Å². The van der Waals surface area contributed by atoms with Gasteiger partial charge in [0.2, 0.25) is 0 Å². The van der Waals surface area contributed by atoms with Gasteiger partial charge >= 0.3 is 0 Å². The zero-order valence-corrected chi connectivity index (χ0v) is 11.5. The molecule has 3 heteroatoms. The van der Waals surface area contributed by atoms with Crippen molar-refractivity contribution in [1.29, 1.82) is 0 Å². The molecule has 0 amide bonds. The van der Waals surface area contributed by atoms with Crippen molar-refractivity contribution in [1.82, 2.24) is 0 Å². The number of benzene rings is 1. The van der Waals surface area contributed by atoms with Crippen LogP contribution in [0.1, 0.15) is 32.3 Å². The summed E-state index contributed by atoms with van der Waals surface area (Å²) in [5, 5.41) is 12.7. The van der Waals surface area contributed by atoms with Gasteiger partial charge in [-0.15, -0.1) is 0 Å². The predicted octanol–water partition coefficient (Wildman–Crippen LogP) is 3.79. The molecule has 0 aliphatic heterocycles. The third-order valence-corrected chi connectivity index (χ3v) is 3.44. The standard InChI is InChI=1S/C13H20BrNO/c1-3-5-10(2)8-15-13-7-4-6-12(14)11(13)9-16/h4,6-7,10,15-16H,3,5,8-9H2,1-2H3. The minimum atomic E-state index is 0.0614. The molecule has 2 N–H and O–H groups in total. The Hall–Kier alpha value is -0.540. The summed E-state index contributed by atoms with van der Waals surface area (Å²) in [5.41, 5.74) is 1.96. The second-order valence-electron chi connectivity index (χ2n) is 4.20. The Balaban J connectivity index is 2.63. The van der Waals surface area contributed by atoms with Crippen LogP contribution in [0.5, 0.6) is 0 Å². The smallest absolute Gasteiger partial charge is 0.0713 e. The Morgan fingerprint density at radius 1 is 1.44 bits per heavy atom. The number of hydrogen-bond donors (Lipinski definition) is 2. The summed E-state index contributed by atoms with van der Waals surface area (Å²) in [6.07, 6.45) is 2.45. The summed E-state index contributed by atoms with van der Waals surface area (Å²) in [4.78, 5) is 0. The van der Waals surface area contributed by atoms with Gasteiger partial charge < -0.3 is 10.4 Å². The van der Waals surface area contributed by atoms with Crippen molar-refractivity contribution in [3.05, 3.63) is 28.2 Å². The van der Waals surface area contributed by atoms with Gasteiger partial charge in [-0.1, -0.05) is 42.3 Å². The summed E-state index contributed by atoms with van der Waals surface area (Å²) in [5.74, 6) is 0.663. The Morgan fingerprint density at radius 3 is 2.81 bits per heavy atom. The van der Waals surface area contributed by atoms with E-state index in [0.29, 0.717) is 5.92 Å². The van der Waals surface area contributed by atoms with E-state index in [9.17, 15) is 5.11 Å². The van der Waals surface area contributed by atoms with Gasteiger partial charge in [-0.05, 0) is 24.5 Å². The van der Waals surface area contributed by atoms with Crippen LogP contribution in [0.15, 0.2) is 22.7 Å². The molecule has 0 radical (unpaired) electrons. The molecule has 0 saturated heterocycles. The number of aliphatic hydroxyl groups is 1. The maximum atomic E-state index is 9.30. The SMILES string of the molecule is CCCC(C)CNc1cccc(Br)c1CO. The molecule has 0 fully saturated rings. The molecular formula is C13H20BrNO. The second-order valence-corrected chi connectivity index (χ2v) is 5.05. The lowest BCUT2D eigenvalue weighted by Gasteiger charge is -2.15. The van der Waals surface area contributed by atoms with Crippen molar-refractivity contribution in [2.45, 2.75) is 33.3 Å². The highest BCUT2D eigenvalue weighted by Crippen LogP contribution is 2.25. The van der Waals surface area contributed by atoms with Crippen LogP contribution in [-0.2, 0) is 6.61 Å². The predicted molar refractivity (Wildman–Crippen MR) is 72.6 cm³/mol. The van der Waals surface area contributed by atoms with Crippen LogP contribution in [0.25, 0.3) is 0 Å². The highest BCUT2D eigenvalue weighted by atomic mass is 79.9. The van der Waals surface area contributed by atoms with E-state index in [1.807, 2.05) is 18.2 Å². The van der Waals surface area contributed by atoms with Crippen LogP contribution in [-0.4, -0.2) is 11.7 Å². The zero-order chi connectivity index (χ0) is 12.0. The Labute approximate surface area is 106 Å². The summed E-state index contributed by atoms with van der Waals surface area (Å²) in [6.45, 7) is 5.46. The van der Waals surface area contributed by atoms with Crippen LogP contribution < -0.4 is 5.32 Å². The number of rotatable bonds is 6. The molecule has 0 spiro atoms. The molecule has 1 aromatic carbocycles. The molecule has 0 bridgehead atoms. The van der Waals surface area contributed by atoms with E-state index in [1.54, 1.807) is 0 Å². The van der Waals surface area contributed by atoms with E-state index < -0.39 is 0 Å². The fourth-order valence-corrected chi connectivity index (χ4v) is 2.26. The maximum Gasteiger partial charge on any atom is 0.0713 e. The first-order chi connectivity index (χ1) is 7.69. The summed E-state index contributed by atoms with van der Waals surface area (Å²) >= 11 is 3.45. The van der Waals surface area contributed by atoms with E-state index in [2.05, 4.69) is 35.1 Å². The van der Waals surface area contributed by atoms with Crippen LogP contribution in [0.3, 0.4) is 0 Å². The van der Waals surface area contributed by atoms with Crippen molar-refractivity contribution in [3.8, 4) is 0 Å². The maximum absolute atomic E-state index is 9.30. The van der Waals surface area contributed by atoms with Gasteiger partial charge in [-0.25, -0.2) is 0 Å². The summed E-state index contributed by atoms with van der Waals surface area (Å²) in [6, 6.07) is 5.94. The number of hydrogen-bond acceptors (Lipinski definition) is 2. The Bertz CT molecular complexity index is 328. The topological polar surface area (TPSA) is 32.3 Å². The number of nitrogens with one attached hydrogen (secondary N) is 1. The summed E-state index contributed by atoms with van der Waals surface area (Å²) in [7, 11) is 0. The van der Waals surface area contributed by atoms with Crippen molar-refractivity contribution < 1.29 is 5.11 Å². The van der Waals surface area contributed by atoms with Gasteiger partial charge in [0.25, 0.3) is 0 Å².